The predicted molar refractivity (Wildman–Crippen MR) is 62.5 cm³/mol. The number of aryl methyl sites for hydroxylation is 1. The van der Waals surface area contributed by atoms with Crippen molar-refractivity contribution < 1.29 is 17.9 Å². The third-order valence-electron chi connectivity index (χ3n) is 2.63. The minimum atomic E-state index is -3.61. The van der Waals surface area contributed by atoms with E-state index in [-0.39, 0.29) is 16.0 Å². The summed E-state index contributed by atoms with van der Waals surface area (Å²) in [5.74, 6) is -0.564. The molecule has 1 aromatic rings. The van der Waals surface area contributed by atoms with Crippen LogP contribution in [0.5, 0.6) is 0 Å². The summed E-state index contributed by atoms with van der Waals surface area (Å²) in [6.07, 6.45) is 0. The largest absolute Gasteiger partial charge is 0.392 e. The van der Waals surface area contributed by atoms with Crippen LogP contribution < -0.4 is 0 Å². The van der Waals surface area contributed by atoms with Crippen molar-refractivity contribution in [1.29, 1.82) is 0 Å². The van der Waals surface area contributed by atoms with Gasteiger partial charge in [-0.05, 0) is 24.6 Å². The van der Waals surface area contributed by atoms with Crippen molar-refractivity contribution in [3.05, 3.63) is 29.1 Å². The molecule has 1 N–H and O–H groups in total. The first-order valence-corrected chi connectivity index (χ1v) is 6.64. The Kier molecular flexibility index (Phi) is 4.24. The number of benzene rings is 1. The molecule has 0 aliphatic rings. The second kappa shape index (κ2) is 5.12. The van der Waals surface area contributed by atoms with Gasteiger partial charge >= 0.3 is 0 Å². The number of aliphatic hydroxyl groups is 1. The molecule has 0 unspecified atom stereocenters. The Bertz CT molecular complexity index is 514. The zero-order chi connectivity index (χ0) is 13.2. The minimum absolute atomic E-state index is 0.00444. The summed E-state index contributed by atoms with van der Waals surface area (Å²) in [5, 5.41) is 8.98. The van der Waals surface area contributed by atoms with Crippen molar-refractivity contribution in [1.82, 2.24) is 4.31 Å². The lowest BCUT2D eigenvalue weighted by Gasteiger charge is -2.16. The molecule has 1 rings (SSSR count). The third kappa shape index (κ3) is 2.65. The van der Waals surface area contributed by atoms with Gasteiger partial charge in [-0.25, -0.2) is 17.1 Å². The molecular formula is C11H16FNO3S. The smallest absolute Gasteiger partial charge is 0.242 e. The number of nitrogens with zero attached hydrogens (tertiary/aromatic N) is 1. The summed E-state index contributed by atoms with van der Waals surface area (Å²) in [7, 11) is -2.15. The maximum atomic E-state index is 13.5. The van der Waals surface area contributed by atoms with Crippen molar-refractivity contribution in [3.63, 3.8) is 0 Å². The molecule has 0 aliphatic heterocycles. The molecule has 0 heterocycles. The number of rotatable bonds is 4. The lowest BCUT2D eigenvalue weighted by atomic mass is 10.1. The molecule has 0 aromatic heterocycles. The molecule has 0 saturated carbocycles. The molecule has 0 atom stereocenters. The molecule has 4 nitrogen and oxygen atoms in total. The zero-order valence-electron chi connectivity index (χ0n) is 10.1. The van der Waals surface area contributed by atoms with E-state index < -0.39 is 22.4 Å². The van der Waals surface area contributed by atoms with E-state index in [2.05, 4.69) is 0 Å². The quantitative estimate of drug-likeness (QED) is 0.888. The predicted octanol–water partition coefficient (Wildman–Crippen LogP) is 1.27. The van der Waals surface area contributed by atoms with Crippen LogP contribution in [0.4, 0.5) is 4.39 Å². The average molecular weight is 261 g/mol. The van der Waals surface area contributed by atoms with E-state index in [1.54, 1.807) is 6.92 Å². The second-order valence-electron chi connectivity index (χ2n) is 3.79. The van der Waals surface area contributed by atoms with Crippen molar-refractivity contribution >= 4 is 10.0 Å². The summed E-state index contributed by atoms with van der Waals surface area (Å²) < 4.78 is 38.7. The highest BCUT2D eigenvalue weighted by Gasteiger charge is 2.21. The highest BCUT2D eigenvalue weighted by atomic mass is 32.2. The first kappa shape index (κ1) is 14.1. The maximum Gasteiger partial charge on any atom is 0.242 e. The Labute approximate surface area is 101 Å². The minimum Gasteiger partial charge on any atom is -0.392 e. The normalized spacial score (nSPS) is 12.1. The molecule has 6 heteroatoms. The number of hydrogen-bond donors (Lipinski definition) is 1. The lowest BCUT2D eigenvalue weighted by Crippen LogP contribution is -2.26. The van der Waals surface area contributed by atoms with Crippen LogP contribution in [0.15, 0.2) is 17.0 Å². The first-order valence-electron chi connectivity index (χ1n) is 5.20. The monoisotopic (exact) mass is 261 g/mol. The van der Waals surface area contributed by atoms with Crippen molar-refractivity contribution in [2.24, 2.45) is 0 Å². The van der Waals surface area contributed by atoms with Crippen LogP contribution in [0.2, 0.25) is 0 Å². The molecule has 1 aromatic carbocycles. The van der Waals surface area contributed by atoms with Crippen molar-refractivity contribution in [2.45, 2.75) is 25.3 Å². The van der Waals surface area contributed by atoms with Gasteiger partial charge in [0.25, 0.3) is 0 Å². The molecular weight excluding hydrogens is 245 g/mol. The summed E-state index contributed by atoms with van der Waals surface area (Å²) >= 11 is 0. The van der Waals surface area contributed by atoms with E-state index in [0.717, 1.165) is 0 Å². The van der Waals surface area contributed by atoms with Gasteiger partial charge in [-0.15, -0.1) is 0 Å². The molecule has 96 valence electrons. The summed E-state index contributed by atoms with van der Waals surface area (Å²) in [4.78, 5) is 0.00444. The Morgan fingerprint density at radius 3 is 2.47 bits per heavy atom. The number of hydrogen-bond acceptors (Lipinski definition) is 3. The first-order chi connectivity index (χ1) is 7.84. The Morgan fingerprint density at radius 1 is 1.41 bits per heavy atom. The fourth-order valence-corrected chi connectivity index (χ4v) is 2.74. The van der Waals surface area contributed by atoms with Gasteiger partial charge in [0, 0.05) is 19.2 Å². The van der Waals surface area contributed by atoms with E-state index in [9.17, 15) is 12.8 Å². The van der Waals surface area contributed by atoms with Crippen LogP contribution in [0, 0.1) is 12.7 Å². The van der Waals surface area contributed by atoms with E-state index in [1.807, 2.05) is 0 Å². The Balaban J connectivity index is 3.39. The summed E-state index contributed by atoms with van der Waals surface area (Å²) in [6.45, 7) is 2.99. The van der Waals surface area contributed by atoms with Crippen LogP contribution >= 0.6 is 0 Å². The highest BCUT2D eigenvalue weighted by molar-refractivity contribution is 7.89. The Hall–Kier alpha value is -0.980. The zero-order valence-corrected chi connectivity index (χ0v) is 10.9. The van der Waals surface area contributed by atoms with Gasteiger partial charge in [0.1, 0.15) is 5.82 Å². The van der Waals surface area contributed by atoms with Crippen molar-refractivity contribution in [3.8, 4) is 0 Å². The standard InChI is InChI=1S/C11H16FNO3S/c1-4-13(3)17(15,16)10-5-8(2)11(12)9(6-10)7-14/h5-6,14H,4,7H2,1-3H3. The highest BCUT2D eigenvalue weighted by Crippen LogP contribution is 2.21. The van der Waals surface area contributed by atoms with Gasteiger partial charge in [0.2, 0.25) is 10.0 Å². The van der Waals surface area contributed by atoms with Gasteiger partial charge in [-0.1, -0.05) is 6.92 Å². The number of aliphatic hydroxyl groups excluding tert-OH is 1. The van der Waals surface area contributed by atoms with E-state index >= 15 is 0 Å². The van der Waals surface area contributed by atoms with Crippen molar-refractivity contribution in [2.75, 3.05) is 13.6 Å². The average Bonchev–Trinajstić information content (AvgIpc) is 2.30. The van der Waals surface area contributed by atoms with Gasteiger partial charge in [-0.2, -0.15) is 0 Å². The van der Waals surface area contributed by atoms with Crippen LogP contribution in [-0.4, -0.2) is 31.4 Å². The molecule has 0 bridgehead atoms. The van der Waals surface area contributed by atoms with Gasteiger partial charge < -0.3 is 5.11 Å². The molecule has 0 aliphatic carbocycles. The lowest BCUT2D eigenvalue weighted by molar-refractivity contribution is 0.275. The van der Waals surface area contributed by atoms with E-state index in [1.165, 1.54) is 30.4 Å². The maximum absolute atomic E-state index is 13.5. The van der Waals surface area contributed by atoms with Crippen LogP contribution in [0.3, 0.4) is 0 Å². The van der Waals surface area contributed by atoms with Gasteiger partial charge in [-0.3, -0.25) is 0 Å². The molecule has 0 amide bonds. The number of halogens is 1. The fraction of sp³-hybridized carbons (Fsp3) is 0.455. The molecule has 0 radical (unpaired) electrons. The molecule has 0 saturated heterocycles. The van der Waals surface area contributed by atoms with E-state index in [0.29, 0.717) is 6.54 Å². The SMILES string of the molecule is CCN(C)S(=O)(=O)c1cc(C)c(F)c(CO)c1. The second-order valence-corrected chi connectivity index (χ2v) is 5.84. The molecule has 0 spiro atoms. The topological polar surface area (TPSA) is 57.6 Å². The molecule has 0 fully saturated rings. The van der Waals surface area contributed by atoms with Gasteiger partial charge in [0.05, 0.1) is 11.5 Å². The van der Waals surface area contributed by atoms with Crippen LogP contribution in [0.25, 0.3) is 0 Å². The van der Waals surface area contributed by atoms with Crippen LogP contribution in [-0.2, 0) is 16.6 Å². The number of sulfonamides is 1. The summed E-state index contributed by atoms with van der Waals surface area (Å²) in [5.41, 5.74) is 0.202. The summed E-state index contributed by atoms with van der Waals surface area (Å²) in [6, 6.07) is 2.44. The Morgan fingerprint density at radius 2 is 2.00 bits per heavy atom. The van der Waals surface area contributed by atoms with Crippen LogP contribution in [0.1, 0.15) is 18.1 Å². The van der Waals surface area contributed by atoms with Gasteiger partial charge in [0.15, 0.2) is 0 Å². The third-order valence-corrected chi connectivity index (χ3v) is 4.54. The fourth-order valence-electron chi connectivity index (χ4n) is 1.42. The molecule has 17 heavy (non-hydrogen) atoms. The van der Waals surface area contributed by atoms with E-state index in [4.69, 9.17) is 5.11 Å².